The van der Waals surface area contributed by atoms with E-state index in [1.807, 2.05) is 14.1 Å². The Morgan fingerprint density at radius 1 is 1.19 bits per heavy atom. The molecule has 0 spiro atoms. The summed E-state index contributed by atoms with van der Waals surface area (Å²) >= 11 is 0. The first-order valence-electron chi connectivity index (χ1n) is 11.6. The van der Waals surface area contributed by atoms with Gasteiger partial charge in [0.05, 0.1) is 18.0 Å². The Bertz CT molecular complexity index is 739. The predicted octanol–water partition coefficient (Wildman–Crippen LogP) is 4.17. The first-order valence-corrected chi connectivity index (χ1v) is 11.6. The van der Waals surface area contributed by atoms with Crippen LogP contribution in [0.2, 0.25) is 0 Å². The van der Waals surface area contributed by atoms with Crippen LogP contribution in [0.5, 0.6) is 0 Å². The summed E-state index contributed by atoms with van der Waals surface area (Å²) < 4.78 is 0. The molecule has 0 bridgehead atoms. The van der Waals surface area contributed by atoms with Crippen LogP contribution in [0.4, 0.5) is 5.69 Å². The Morgan fingerprint density at radius 2 is 1.87 bits per heavy atom. The van der Waals surface area contributed by atoms with Crippen LogP contribution in [0.1, 0.15) is 64.0 Å². The second kappa shape index (κ2) is 11.9. The van der Waals surface area contributed by atoms with E-state index in [0.717, 1.165) is 51.3 Å². The van der Waals surface area contributed by atoms with Gasteiger partial charge in [-0.25, -0.2) is 0 Å². The van der Waals surface area contributed by atoms with Crippen molar-refractivity contribution in [3.05, 3.63) is 29.8 Å². The molecular formula is C24H40IN5O. The summed E-state index contributed by atoms with van der Waals surface area (Å²) in [5.41, 5.74) is 2.22. The second-order valence-corrected chi connectivity index (χ2v) is 9.04. The topological polar surface area (TPSA) is 60.0 Å². The number of guanidine groups is 1. The molecule has 0 radical (unpaired) electrons. The van der Waals surface area contributed by atoms with Crippen molar-refractivity contribution in [2.75, 3.05) is 45.2 Å². The maximum absolute atomic E-state index is 12.9. The number of halogens is 1. The van der Waals surface area contributed by atoms with E-state index >= 15 is 0 Å². The number of carbonyl (C=O) groups excluding carboxylic acids is 1. The minimum Gasteiger partial charge on any atom is -0.372 e. The second-order valence-electron chi connectivity index (χ2n) is 9.04. The highest BCUT2D eigenvalue weighted by Crippen LogP contribution is 2.39. The maximum atomic E-state index is 12.9. The van der Waals surface area contributed by atoms with Crippen LogP contribution in [0, 0.1) is 5.41 Å². The Labute approximate surface area is 205 Å². The van der Waals surface area contributed by atoms with Gasteiger partial charge in [0.15, 0.2) is 5.96 Å². The van der Waals surface area contributed by atoms with Gasteiger partial charge in [-0.2, -0.15) is 0 Å². The summed E-state index contributed by atoms with van der Waals surface area (Å²) in [7, 11) is 3.70. The van der Waals surface area contributed by atoms with Crippen molar-refractivity contribution < 1.29 is 4.79 Å². The van der Waals surface area contributed by atoms with Gasteiger partial charge >= 0.3 is 0 Å². The average molecular weight is 542 g/mol. The lowest BCUT2D eigenvalue weighted by atomic mass is 9.85. The Hall–Kier alpha value is -1.51. The predicted molar refractivity (Wildman–Crippen MR) is 140 cm³/mol. The molecule has 1 aliphatic heterocycles. The molecule has 0 aromatic heterocycles. The van der Waals surface area contributed by atoms with Crippen LogP contribution in [0.25, 0.3) is 0 Å². The zero-order chi connectivity index (χ0) is 21.6. The van der Waals surface area contributed by atoms with E-state index in [4.69, 9.17) is 4.99 Å². The summed E-state index contributed by atoms with van der Waals surface area (Å²) in [6.45, 7) is 7.88. The van der Waals surface area contributed by atoms with E-state index in [0.29, 0.717) is 6.54 Å². The number of rotatable bonds is 7. The maximum Gasteiger partial charge on any atom is 0.230 e. The molecule has 1 unspecified atom stereocenters. The normalized spacial score (nSPS) is 19.0. The van der Waals surface area contributed by atoms with Crippen LogP contribution >= 0.6 is 24.0 Å². The van der Waals surface area contributed by atoms with E-state index in [9.17, 15) is 4.79 Å². The fraction of sp³-hybridized carbons (Fsp3) is 0.667. The highest BCUT2D eigenvalue weighted by atomic mass is 127. The van der Waals surface area contributed by atoms with Crippen molar-refractivity contribution in [2.24, 2.45) is 10.4 Å². The van der Waals surface area contributed by atoms with Gasteiger partial charge in [-0.15, -0.1) is 24.0 Å². The van der Waals surface area contributed by atoms with Crippen LogP contribution in [0.3, 0.4) is 0 Å². The van der Waals surface area contributed by atoms with E-state index in [-0.39, 0.29) is 41.3 Å². The number of aliphatic imine (C=N–C) groups is 1. The number of amides is 1. The number of anilines is 1. The van der Waals surface area contributed by atoms with Crippen molar-refractivity contribution in [2.45, 2.75) is 58.4 Å². The molecule has 6 nitrogen and oxygen atoms in total. The minimum atomic E-state index is -0.343. The SMILES string of the molecule is CCNC(=NCC1(C(=O)N(C)C)CCCC1)NC(C)c1cccc(N2CCCC2)c1.I. The van der Waals surface area contributed by atoms with Crippen LogP contribution in [0.15, 0.2) is 29.3 Å². The molecule has 174 valence electrons. The molecule has 2 fully saturated rings. The summed E-state index contributed by atoms with van der Waals surface area (Å²) in [6, 6.07) is 8.95. The van der Waals surface area contributed by atoms with Gasteiger partial charge in [-0.05, 0) is 57.2 Å². The van der Waals surface area contributed by atoms with E-state index < -0.39 is 0 Å². The van der Waals surface area contributed by atoms with Gasteiger partial charge in [0, 0.05) is 39.4 Å². The Morgan fingerprint density at radius 3 is 2.48 bits per heavy atom. The molecular weight excluding hydrogens is 501 g/mol. The average Bonchev–Trinajstić information content (AvgIpc) is 3.44. The zero-order valence-corrected chi connectivity index (χ0v) is 21.9. The Kier molecular flexibility index (Phi) is 9.90. The molecule has 2 N–H and O–H groups in total. The molecule has 1 saturated carbocycles. The van der Waals surface area contributed by atoms with Crippen molar-refractivity contribution >= 4 is 41.5 Å². The fourth-order valence-electron chi connectivity index (χ4n) is 4.77. The van der Waals surface area contributed by atoms with Crippen molar-refractivity contribution in [3.63, 3.8) is 0 Å². The lowest BCUT2D eigenvalue weighted by Gasteiger charge is -2.29. The van der Waals surface area contributed by atoms with Crippen LogP contribution in [-0.4, -0.2) is 57.0 Å². The molecule has 1 amide bonds. The largest absolute Gasteiger partial charge is 0.372 e. The first kappa shape index (κ1) is 25.7. The molecule has 1 heterocycles. The van der Waals surface area contributed by atoms with Gasteiger partial charge in [0.2, 0.25) is 5.91 Å². The van der Waals surface area contributed by atoms with Gasteiger partial charge in [-0.3, -0.25) is 9.79 Å². The monoisotopic (exact) mass is 541 g/mol. The lowest BCUT2D eigenvalue weighted by molar-refractivity contribution is -0.138. The number of nitrogens with zero attached hydrogens (tertiary/aromatic N) is 3. The third-order valence-corrected chi connectivity index (χ3v) is 6.50. The van der Waals surface area contributed by atoms with Crippen LogP contribution < -0.4 is 15.5 Å². The highest BCUT2D eigenvalue weighted by molar-refractivity contribution is 14.0. The van der Waals surface area contributed by atoms with Gasteiger partial charge in [-0.1, -0.05) is 25.0 Å². The Balaban J connectivity index is 0.00000341. The molecule has 31 heavy (non-hydrogen) atoms. The van der Waals surface area contributed by atoms with Gasteiger partial charge < -0.3 is 20.4 Å². The van der Waals surface area contributed by atoms with E-state index in [2.05, 4.69) is 53.6 Å². The summed E-state index contributed by atoms with van der Waals surface area (Å²) in [5, 5.41) is 6.92. The molecule has 2 aliphatic rings. The zero-order valence-electron chi connectivity index (χ0n) is 19.6. The lowest BCUT2D eigenvalue weighted by Crippen LogP contribution is -2.43. The van der Waals surface area contributed by atoms with Crippen LogP contribution in [-0.2, 0) is 4.79 Å². The molecule has 1 aromatic carbocycles. The molecule has 7 heteroatoms. The summed E-state index contributed by atoms with van der Waals surface area (Å²) in [5.74, 6) is 1.00. The molecule has 1 saturated heterocycles. The van der Waals surface area contributed by atoms with Crippen molar-refractivity contribution in [3.8, 4) is 0 Å². The number of hydrogen-bond donors (Lipinski definition) is 2. The molecule has 1 atom stereocenters. The number of benzene rings is 1. The molecule has 1 aliphatic carbocycles. The number of hydrogen-bond acceptors (Lipinski definition) is 3. The smallest absolute Gasteiger partial charge is 0.230 e. The van der Waals surface area contributed by atoms with E-state index in [1.165, 1.54) is 24.1 Å². The van der Waals surface area contributed by atoms with Crippen molar-refractivity contribution in [1.82, 2.24) is 15.5 Å². The standard InChI is InChI=1S/C24H39N5O.HI/c1-5-25-23(26-18-24(13-6-7-14-24)22(30)28(3)4)27-19(2)20-11-10-12-21(17-20)29-15-8-9-16-29;/h10-12,17,19H,5-9,13-16,18H2,1-4H3,(H2,25,26,27);1H. The highest BCUT2D eigenvalue weighted by Gasteiger charge is 2.42. The number of carbonyl (C=O) groups is 1. The third-order valence-electron chi connectivity index (χ3n) is 6.50. The first-order chi connectivity index (χ1) is 14.4. The molecule has 1 aromatic rings. The fourth-order valence-corrected chi connectivity index (χ4v) is 4.77. The third kappa shape index (κ3) is 6.49. The summed E-state index contributed by atoms with van der Waals surface area (Å²) in [4.78, 5) is 21.9. The van der Waals surface area contributed by atoms with Gasteiger partial charge in [0.25, 0.3) is 0 Å². The quantitative estimate of drug-likeness (QED) is 0.309. The van der Waals surface area contributed by atoms with Gasteiger partial charge in [0.1, 0.15) is 0 Å². The van der Waals surface area contributed by atoms with Crippen molar-refractivity contribution in [1.29, 1.82) is 0 Å². The number of nitrogens with one attached hydrogen (secondary N) is 2. The minimum absolute atomic E-state index is 0. The van der Waals surface area contributed by atoms with E-state index in [1.54, 1.807) is 4.90 Å². The summed E-state index contributed by atoms with van der Waals surface area (Å²) in [6.07, 6.45) is 6.64. The molecule has 3 rings (SSSR count).